The second-order valence-electron chi connectivity index (χ2n) is 7.28. The van der Waals surface area contributed by atoms with E-state index in [0.717, 1.165) is 12.8 Å². The highest BCUT2D eigenvalue weighted by Crippen LogP contribution is 2.24. The fraction of sp³-hybridized carbons (Fsp3) is 0.391. The van der Waals surface area contributed by atoms with E-state index in [0.29, 0.717) is 22.7 Å². The Bertz CT molecular complexity index is 829. The van der Waals surface area contributed by atoms with E-state index in [1.807, 2.05) is 12.1 Å². The molecule has 2 amide bonds. The van der Waals surface area contributed by atoms with Gasteiger partial charge in [0, 0.05) is 11.6 Å². The molecule has 1 aliphatic rings. The summed E-state index contributed by atoms with van der Waals surface area (Å²) in [6.45, 7) is 1.68. The summed E-state index contributed by atoms with van der Waals surface area (Å²) < 4.78 is 11.0. The molecule has 2 N–H and O–H groups in total. The van der Waals surface area contributed by atoms with Crippen LogP contribution in [0.3, 0.4) is 0 Å². The van der Waals surface area contributed by atoms with E-state index in [9.17, 15) is 9.59 Å². The van der Waals surface area contributed by atoms with Crippen molar-refractivity contribution < 1.29 is 19.1 Å². The number of nitrogens with one attached hydrogen (secondary N) is 2. The molecular formula is C23H28N2O4. The number of benzene rings is 2. The molecule has 1 aliphatic carbocycles. The Kier molecular flexibility index (Phi) is 7.11. The zero-order chi connectivity index (χ0) is 20.6. The summed E-state index contributed by atoms with van der Waals surface area (Å²) >= 11 is 0. The molecule has 29 heavy (non-hydrogen) atoms. The molecule has 0 heterocycles. The highest BCUT2D eigenvalue weighted by molar-refractivity contribution is 5.96. The second-order valence-corrected chi connectivity index (χ2v) is 7.28. The van der Waals surface area contributed by atoms with E-state index in [-0.39, 0.29) is 17.9 Å². The molecule has 1 saturated carbocycles. The van der Waals surface area contributed by atoms with Gasteiger partial charge in [-0.25, -0.2) is 0 Å². The normalized spacial score (nSPS) is 15.2. The number of para-hydroxylation sites is 2. The van der Waals surface area contributed by atoms with Crippen LogP contribution in [-0.2, 0) is 4.79 Å². The molecule has 6 heteroatoms. The van der Waals surface area contributed by atoms with Gasteiger partial charge in [0.15, 0.2) is 6.10 Å². The molecule has 0 radical (unpaired) electrons. The van der Waals surface area contributed by atoms with Crippen LogP contribution < -0.4 is 20.1 Å². The zero-order valence-electron chi connectivity index (χ0n) is 16.9. The van der Waals surface area contributed by atoms with Gasteiger partial charge in [0.2, 0.25) is 0 Å². The van der Waals surface area contributed by atoms with Crippen molar-refractivity contribution in [2.45, 2.75) is 51.2 Å². The molecule has 154 valence electrons. The quantitative estimate of drug-likeness (QED) is 0.737. The van der Waals surface area contributed by atoms with Crippen molar-refractivity contribution in [3.63, 3.8) is 0 Å². The van der Waals surface area contributed by atoms with Crippen molar-refractivity contribution in [3.8, 4) is 11.5 Å². The minimum Gasteiger partial charge on any atom is -0.495 e. The summed E-state index contributed by atoms with van der Waals surface area (Å²) in [5.74, 6) is 0.766. The maximum Gasteiger partial charge on any atom is 0.265 e. The minimum atomic E-state index is -0.707. The van der Waals surface area contributed by atoms with Crippen LogP contribution in [0.2, 0.25) is 0 Å². The van der Waals surface area contributed by atoms with Gasteiger partial charge in [0.25, 0.3) is 11.8 Å². The molecule has 1 atom stereocenters. The highest BCUT2D eigenvalue weighted by atomic mass is 16.5. The third-order valence-corrected chi connectivity index (χ3v) is 5.10. The lowest BCUT2D eigenvalue weighted by Crippen LogP contribution is -2.36. The minimum absolute atomic E-state index is 0.0644. The molecule has 0 spiro atoms. The largest absolute Gasteiger partial charge is 0.495 e. The Balaban J connectivity index is 1.54. The van der Waals surface area contributed by atoms with Crippen molar-refractivity contribution >= 4 is 17.5 Å². The molecule has 1 fully saturated rings. The number of hydrogen-bond acceptors (Lipinski definition) is 4. The monoisotopic (exact) mass is 396 g/mol. The maximum absolute atomic E-state index is 12.4. The van der Waals surface area contributed by atoms with E-state index < -0.39 is 6.10 Å². The van der Waals surface area contributed by atoms with Crippen molar-refractivity contribution in [3.05, 3.63) is 54.1 Å². The van der Waals surface area contributed by atoms with E-state index in [1.54, 1.807) is 50.4 Å². The number of hydrogen-bond donors (Lipinski definition) is 2. The fourth-order valence-electron chi connectivity index (χ4n) is 3.44. The molecule has 0 aliphatic heterocycles. The molecule has 0 bridgehead atoms. The Morgan fingerprint density at radius 2 is 1.69 bits per heavy atom. The van der Waals surface area contributed by atoms with Gasteiger partial charge in [-0.3, -0.25) is 9.59 Å². The Labute approximate surface area is 171 Å². The van der Waals surface area contributed by atoms with Crippen molar-refractivity contribution in [1.29, 1.82) is 0 Å². The molecule has 0 unspecified atom stereocenters. The van der Waals surface area contributed by atoms with Crippen LogP contribution in [0, 0.1) is 0 Å². The van der Waals surface area contributed by atoms with Crippen LogP contribution in [0.25, 0.3) is 0 Å². The lowest BCUT2D eigenvalue weighted by Gasteiger charge is -2.22. The van der Waals surface area contributed by atoms with Crippen LogP contribution >= 0.6 is 0 Å². The number of rotatable bonds is 7. The maximum atomic E-state index is 12.4. The van der Waals surface area contributed by atoms with Gasteiger partial charge in [-0.2, -0.15) is 0 Å². The van der Waals surface area contributed by atoms with Crippen molar-refractivity contribution in [1.82, 2.24) is 5.32 Å². The Morgan fingerprint density at radius 1 is 1.00 bits per heavy atom. The lowest BCUT2D eigenvalue weighted by molar-refractivity contribution is -0.122. The predicted molar refractivity (Wildman–Crippen MR) is 112 cm³/mol. The first-order chi connectivity index (χ1) is 14.1. The van der Waals surface area contributed by atoms with Crippen LogP contribution in [0.1, 0.15) is 49.4 Å². The molecular weight excluding hydrogens is 368 g/mol. The number of methoxy groups -OCH3 is 1. The average molecular weight is 396 g/mol. The van der Waals surface area contributed by atoms with Gasteiger partial charge in [-0.05, 0) is 56.2 Å². The number of anilines is 1. The SMILES string of the molecule is COc1ccccc1NC(=O)[C@@H](C)Oc1ccc(C(=O)NC2CCCCC2)cc1. The predicted octanol–water partition coefficient (Wildman–Crippen LogP) is 4.16. The number of carbonyl (C=O) groups excluding carboxylic acids is 2. The summed E-state index contributed by atoms with van der Waals surface area (Å²) in [6, 6.07) is 14.3. The van der Waals surface area contributed by atoms with E-state index >= 15 is 0 Å². The first kappa shape index (κ1) is 20.7. The van der Waals surface area contributed by atoms with E-state index in [1.165, 1.54) is 19.3 Å². The van der Waals surface area contributed by atoms with Gasteiger partial charge in [-0.15, -0.1) is 0 Å². The smallest absolute Gasteiger partial charge is 0.265 e. The van der Waals surface area contributed by atoms with Gasteiger partial charge in [0.05, 0.1) is 12.8 Å². The molecule has 6 nitrogen and oxygen atoms in total. The molecule has 0 saturated heterocycles. The summed E-state index contributed by atoms with van der Waals surface area (Å²) in [4.78, 5) is 24.8. The summed E-state index contributed by atoms with van der Waals surface area (Å²) in [5, 5.41) is 5.90. The molecule has 2 aromatic carbocycles. The standard InChI is InChI=1S/C23H28N2O4/c1-16(22(26)25-20-10-6-7-11-21(20)28-2)29-19-14-12-17(13-15-19)23(27)24-18-8-4-3-5-9-18/h6-7,10-16,18H,3-5,8-9H2,1-2H3,(H,24,27)(H,25,26)/t16-/m1/s1. The van der Waals surface area contributed by atoms with Crippen LogP contribution in [0.5, 0.6) is 11.5 Å². The van der Waals surface area contributed by atoms with E-state index in [2.05, 4.69) is 10.6 Å². The van der Waals surface area contributed by atoms with Crippen LogP contribution in [0.4, 0.5) is 5.69 Å². The zero-order valence-corrected chi connectivity index (χ0v) is 16.9. The molecule has 0 aromatic heterocycles. The number of amides is 2. The molecule has 3 rings (SSSR count). The highest BCUT2D eigenvalue weighted by Gasteiger charge is 2.18. The van der Waals surface area contributed by atoms with Gasteiger partial charge < -0.3 is 20.1 Å². The Morgan fingerprint density at radius 3 is 2.38 bits per heavy atom. The topological polar surface area (TPSA) is 76.7 Å². The fourth-order valence-corrected chi connectivity index (χ4v) is 3.44. The van der Waals surface area contributed by atoms with Crippen LogP contribution in [0.15, 0.2) is 48.5 Å². The first-order valence-corrected chi connectivity index (χ1v) is 10.1. The lowest BCUT2D eigenvalue weighted by atomic mass is 9.95. The number of ether oxygens (including phenoxy) is 2. The summed E-state index contributed by atoms with van der Waals surface area (Å²) in [5.41, 5.74) is 1.18. The van der Waals surface area contributed by atoms with Gasteiger partial charge >= 0.3 is 0 Å². The number of carbonyl (C=O) groups is 2. The molecule has 2 aromatic rings. The first-order valence-electron chi connectivity index (χ1n) is 10.1. The van der Waals surface area contributed by atoms with Crippen molar-refractivity contribution in [2.75, 3.05) is 12.4 Å². The third kappa shape index (κ3) is 5.73. The summed E-state index contributed by atoms with van der Waals surface area (Å²) in [6.07, 6.45) is 4.99. The van der Waals surface area contributed by atoms with Gasteiger partial charge in [0.1, 0.15) is 11.5 Å². The summed E-state index contributed by atoms with van der Waals surface area (Å²) in [7, 11) is 1.55. The average Bonchev–Trinajstić information content (AvgIpc) is 2.75. The van der Waals surface area contributed by atoms with E-state index in [4.69, 9.17) is 9.47 Å². The second kappa shape index (κ2) is 9.96. The van der Waals surface area contributed by atoms with Crippen molar-refractivity contribution in [2.24, 2.45) is 0 Å². The van der Waals surface area contributed by atoms with Crippen LogP contribution in [-0.4, -0.2) is 31.1 Å². The Hall–Kier alpha value is -3.02. The van der Waals surface area contributed by atoms with Gasteiger partial charge in [-0.1, -0.05) is 31.4 Å². The third-order valence-electron chi connectivity index (χ3n) is 5.10.